The van der Waals surface area contributed by atoms with E-state index < -0.39 is 0 Å². The highest BCUT2D eigenvalue weighted by atomic mass is 16.5. The lowest BCUT2D eigenvalue weighted by Crippen LogP contribution is -2.46. The highest BCUT2D eigenvalue weighted by Gasteiger charge is 2.57. The van der Waals surface area contributed by atoms with Crippen LogP contribution < -0.4 is 9.47 Å². The summed E-state index contributed by atoms with van der Waals surface area (Å²) in [5.74, 6) is 8.06. The lowest BCUT2D eigenvalue weighted by atomic mass is 9.50. The number of hydrogen-bond acceptors (Lipinski definition) is 6. The second kappa shape index (κ2) is 32.1. The van der Waals surface area contributed by atoms with Gasteiger partial charge in [-0.1, -0.05) is 189 Å². The zero-order valence-corrected chi connectivity index (χ0v) is 54.8. The highest BCUT2D eigenvalue weighted by Crippen LogP contribution is 2.66. The lowest BCUT2D eigenvalue weighted by Gasteiger charge is -2.55. The molecule has 1 aromatic carbocycles. The highest BCUT2D eigenvalue weighted by molar-refractivity contribution is 5.74. The van der Waals surface area contributed by atoms with E-state index in [9.17, 15) is 9.59 Å². The van der Waals surface area contributed by atoms with Gasteiger partial charge in [0.25, 0.3) is 0 Å². The Hall–Kier alpha value is -2.60. The van der Waals surface area contributed by atoms with Crippen LogP contribution in [0, 0.1) is 78.9 Å². The molecule has 0 N–H and O–H groups in total. The van der Waals surface area contributed by atoms with Crippen molar-refractivity contribution in [1.82, 2.24) is 4.90 Å². The van der Waals surface area contributed by atoms with Gasteiger partial charge in [-0.25, -0.2) is 0 Å². The third kappa shape index (κ3) is 18.7. The van der Waals surface area contributed by atoms with Crippen LogP contribution in [0.2, 0.25) is 0 Å². The fraction of sp³-hybridized carbons (Fsp3) is 0.838. The van der Waals surface area contributed by atoms with Crippen LogP contribution in [0.15, 0.2) is 23.3 Å². The molecule has 1 aromatic rings. The van der Waals surface area contributed by atoms with E-state index in [1.165, 1.54) is 121 Å². The molecular weight excluding hydrogens is 983 g/mol. The summed E-state index contributed by atoms with van der Waals surface area (Å²) in [4.78, 5) is 29.2. The molecule has 0 amide bonds. The summed E-state index contributed by atoms with van der Waals surface area (Å²) in [5.41, 5.74) is 8.33. The van der Waals surface area contributed by atoms with E-state index in [0.29, 0.717) is 24.2 Å². The molecule has 3 saturated carbocycles. The second-order valence-electron chi connectivity index (χ2n) is 29.7. The largest absolute Gasteiger partial charge is 0.487 e. The maximum Gasteiger partial charge on any atom is 0.311 e. The van der Waals surface area contributed by atoms with Crippen molar-refractivity contribution in [3.8, 4) is 11.5 Å². The van der Waals surface area contributed by atoms with E-state index in [2.05, 4.69) is 114 Å². The topological polar surface area (TPSA) is 65.1 Å². The van der Waals surface area contributed by atoms with Gasteiger partial charge in [-0.05, 0) is 219 Å². The van der Waals surface area contributed by atoms with Crippen molar-refractivity contribution in [3.05, 3.63) is 45.6 Å². The van der Waals surface area contributed by atoms with Crippen LogP contribution in [-0.2, 0) is 20.7 Å². The van der Waals surface area contributed by atoms with Crippen LogP contribution in [0.4, 0.5) is 0 Å². The molecule has 3 fully saturated rings. The average Bonchev–Trinajstić information content (AvgIpc) is 3.80. The van der Waals surface area contributed by atoms with E-state index >= 15 is 0 Å². The molecule has 80 heavy (non-hydrogen) atoms. The quantitative estimate of drug-likeness (QED) is 0.0379. The molecule has 1 aliphatic heterocycles. The van der Waals surface area contributed by atoms with Crippen molar-refractivity contribution in [2.45, 2.75) is 321 Å². The van der Waals surface area contributed by atoms with Crippen molar-refractivity contribution in [2.24, 2.45) is 58.2 Å². The molecule has 5 aliphatic rings. The third-order valence-electron chi connectivity index (χ3n) is 22.1. The number of esters is 2. The molecule has 0 radical (unpaired) electrons. The van der Waals surface area contributed by atoms with Gasteiger partial charge in [0.2, 0.25) is 0 Å². The Morgan fingerprint density at radius 1 is 0.613 bits per heavy atom. The summed E-state index contributed by atoms with van der Waals surface area (Å²) in [5, 5.41) is 0. The Kier molecular flexibility index (Phi) is 26.7. The molecule has 0 bridgehead atoms. The minimum atomic E-state index is -0.148. The predicted molar refractivity (Wildman–Crippen MR) is 339 cm³/mol. The van der Waals surface area contributed by atoms with Crippen molar-refractivity contribution in [2.75, 3.05) is 19.6 Å². The number of hydrogen-bond donors (Lipinski definition) is 0. The fourth-order valence-corrected chi connectivity index (χ4v) is 16.6. The molecule has 10 unspecified atom stereocenters. The van der Waals surface area contributed by atoms with E-state index in [1.807, 2.05) is 0 Å². The summed E-state index contributed by atoms with van der Waals surface area (Å²) < 4.78 is 19.3. The molecule has 456 valence electrons. The summed E-state index contributed by atoms with van der Waals surface area (Å²) in [7, 11) is 0. The second-order valence-corrected chi connectivity index (χ2v) is 29.7. The maximum absolute atomic E-state index is 13.3. The smallest absolute Gasteiger partial charge is 0.311 e. The van der Waals surface area contributed by atoms with Crippen LogP contribution in [0.5, 0.6) is 11.5 Å². The van der Waals surface area contributed by atoms with Gasteiger partial charge in [-0.15, -0.1) is 0 Å². The Bertz CT molecular complexity index is 2130. The van der Waals surface area contributed by atoms with Crippen LogP contribution >= 0.6 is 0 Å². The molecule has 6 nitrogen and oxygen atoms in total. The first-order valence-electron chi connectivity index (χ1n) is 34.5. The predicted octanol–water partition coefficient (Wildman–Crippen LogP) is 20.9. The Balaban J connectivity index is 0.827. The van der Waals surface area contributed by atoms with Crippen LogP contribution in [0.3, 0.4) is 0 Å². The molecule has 4 aliphatic carbocycles. The molecule has 6 rings (SSSR count). The van der Waals surface area contributed by atoms with Crippen LogP contribution in [0.1, 0.15) is 304 Å². The first-order chi connectivity index (χ1) is 38.2. The monoisotopic (exact) mass is 1110 g/mol. The number of benzene rings is 1. The average molecular weight is 1110 g/mol. The van der Waals surface area contributed by atoms with E-state index in [1.54, 1.807) is 11.1 Å². The number of unbranched alkanes of at least 4 members (excludes halogenated alkanes) is 7. The first-order valence-corrected chi connectivity index (χ1v) is 34.5. The van der Waals surface area contributed by atoms with E-state index in [0.717, 1.165) is 173 Å². The number of allylic oxidation sites excluding steroid dienone is 3. The van der Waals surface area contributed by atoms with Crippen molar-refractivity contribution >= 4 is 11.9 Å². The van der Waals surface area contributed by atoms with Crippen LogP contribution in [-0.4, -0.2) is 48.2 Å². The van der Waals surface area contributed by atoms with Gasteiger partial charge in [-0.2, -0.15) is 0 Å². The summed E-state index contributed by atoms with van der Waals surface area (Å²) >= 11 is 0. The van der Waals surface area contributed by atoms with Crippen molar-refractivity contribution in [3.63, 3.8) is 0 Å². The molecule has 0 aromatic heterocycles. The standard InChI is InChI=1S/C74H125NO5/c1-15-16-49-75(50-23-19-17-21-36-68(76)78-62-42-47-73(13)61(52-62)38-39-64-66-41-40-65(57(8)35-26-30-54(4)5)74(66,14)48-44-67(64)73)51-24-20-18-22-37-69(77)79-70-58(9)59(10)71-63(60(70)11)43-46-72(12,80-71)45-28-34-56(7)33-27-32-55(6)31-25-29-53(2)3/h38-39,53-57,62,65-67H,15-37,40-52H2,1-14H3. The molecular formula is C74H125NO5. The summed E-state index contributed by atoms with van der Waals surface area (Å²) in [6, 6.07) is 0. The van der Waals surface area contributed by atoms with Crippen molar-refractivity contribution < 1.29 is 23.8 Å². The number of ether oxygens (including phenoxy) is 3. The number of rotatable bonds is 36. The summed E-state index contributed by atoms with van der Waals surface area (Å²) in [6.07, 6.45) is 43.6. The third-order valence-corrected chi connectivity index (χ3v) is 22.1. The Morgan fingerprint density at radius 2 is 1.21 bits per heavy atom. The van der Waals surface area contributed by atoms with Gasteiger partial charge in [-0.3, -0.25) is 9.59 Å². The van der Waals surface area contributed by atoms with Gasteiger partial charge in [0.15, 0.2) is 0 Å². The molecule has 1 heterocycles. The minimum Gasteiger partial charge on any atom is -0.487 e. The van der Waals surface area contributed by atoms with Gasteiger partial charge in [0, 0.05) is 24.8 Å². The summed E-state index contributed by atoms with van der Waals surface area (Å²) in [6.45, 7) is 36.5. The molecule has 0 saturated heterocycles. The Morgan fingerprint density at radius 3 is 1.86 bits per heavy atom. The van der Waals surface area contributed by atoms with Gasteiger partial charge in [0.1, 0.15) is 23.2 Å². The van der Waals surface area contributed by atoms with Gasteiger partial charge >= 0.3 is 11.9 Å². The molecule has 10 atom stereocenters. The fourth-order valence-electron chi connectivity index (χ4n) is 16.6. The van der Waals surface area contributed by atoms with E-state index in [-0.39, 0.29) is 29.1 Å². The van der Waals surface area contributed by atoms with Crippen molar-refractivity contribution in [1.29, 1.82) is 0 Å². The number of nitrogens with zero attached hydrogens (tertiary/aromatic N) is 1. The zero-order valence-electron chi connectivity index (χ0n) is 54.8. The Labute approximate surface area is 493 Å². The van der Waals surface area contributed by atoms with E-state index in [4.69, 9.17) is 14.2 Å². The number of fused-ring (bicyclic) bond motifs is 6. The minimum absolute atomic E-state index is 0.0119. The first kappa shape index (κ1) is 66.5. The molecule has 0 spiro atoms. The van der Waals surface area contributed by atoms with Gasteiger partial charge in [0.05, 0.1) is 0 Å². The number of carbonyl (C=O) groups is 2. The molecule has 6 heteroatoms. The normalized spacial score (nSPS) is 26.5. The van der Waals surface area contributed by atoms with Gasteiger partial charge < -0.3 is 19.1 Å². The SMILES string of the molecule is CCCCN(CCCCCCC(=O)Oc1c(C)c(C)c2c(c1C)CCC(C)(CCCC(C)CCCC(C)CCCC(C)C)O2)CCCCCCC(=O)OC1CCC2(C)C(=CC=C3C2CCC2(C)C3CCC2C(C)CCCC(C)C)C1. The van der Waals surface area contributed by atoms with Crippen LogP contribution in [0.25, 0.3) is 0 Å². The maximum atomic E-state index is 13.3. The zero-order chi connectivity index (χ0) is 58.0. The lowest BCUT2D eigenvalue weighted by molar-refractivity contribution is -0.151. The number of carbonyl (C=O) groups excluding carboxylic acids is 2.